The Hall–Kier alpha value is -3.88. The smallest absolute Gasteiger partial charge is 0.425 e. The maximum atomic E-state index is 13.5. The summed E-state index contributed by atoms with van der Waals surface area (Å²) in [6.45, 7) is 18.0. The predicted octanol–water partition coefficient (Wildman–Crippen LogP) is 6.06. The van der Waals surface area contributed by atoms with Gasteiger partial charge in [-0.1, -0.05) is 0 Å². The number of nitriles is 1. The van der Waals surface area contributed by atoms with Crippen molar-refractivity contribution in [2.45, 2.75) is 111 Å². The van der Waals surface area contributed by atoms with Crippen LogP contribution in [0.15, 0.2) is 12.3 Å². The number of hydrogen-bond donors (Lipinski definition) is 0. The number of anilines is 1. The largest absolute Gasteiger partial charge is 0.444 e. The lowest BCUT2D eigenvalue weighted by atomic mass is 9.84. The molecule has 2 aromatic rings. The van der Waals surface area contributed by atoms with E-state index in [0.717, 1.165) is 4.90 Å². The first-order valence-corrected chi connectivity index (χ1v) is 13.7. The summed E-state index contributed by atoms with van der Waals surface area (Å²) >= 11 is 0. The molecular weight excluding hydrogens is 528 g/mol. The van der Waals surface area contributed by atoms with Crippen LogP contribution in [0.2, 0.25) is 0 Å². The number of carbonyl (C=O) groups is 3. The molecule has 0 aliphatic carbocycles. The predicted molar refractivity (Wildman–Crippen MR) is 152 cm³/mol. The molecule has 3 rings (SSSR count). The number of carbonyl (C=O) groups excluding carboxylic acids is 3. The number of amides is 3. The van der Waals surface area contributed by atoms with Gasteiger partial charge in [-0.05, 0) is 88.1 Å². The second-order valence-corrected chi connectivity index (χ2v) is 13.3. The second-order valence-electron chi connectivity index (χ2n) is 13.3. The van der Waals surface area contributed by atoms with E-state index >= 15 is 0 Å². The molecule has 0 bridgehead atoms. The number of aryl methyl sites for hydroxylation is 1. The Morgan fingerprint density at radius 2 is 1.46 bits per heavy atom. The van der Waals surface area contributed by atoms with E-state index in [0.29, 0.717) is 42.5 Å². The highest BCUT2D eigenvalue weighted by molar-refractivity contribution is 6.14. The Kier molecular flexibility index (Phi) is 8.63. The van der Waals surface area contributed by atoms with Crippen molar-refractivity contribution in [2.24, 2.45) is 0 Å². The molecule has 0 saturated carbocycles. The van der Waals surface area contributed by atoms with E-state index in [4.69, 9.17) is 19.3 Å². The molecule has 0 spiro atoms. The zero-order chi connectivity index (χ0) is 31.0. The van der Waals surface area contributed by atoms with Crippen LogP contribution in [0, 0.1) is 18.3 Å². The number of aromatic nitrogens is 3. The lowest BCUT2D eigenvalue weighted by Gasteiger charge is -2.41. The number of ether oxygens (including phenoxy) is 3. The molecule has 0 radical (unpaired) electrons. The lowest BCUT2D eigenvalue weighted by molar-refractivity contribution is 0.0108. The Balaban J connectivity index is 2.15. The quantitative estimate of drug-likeness (QED) is 0.403. The standard InChI is InChI=1S/C29H42N6O6/c1-19-21-20(11-16-31-19)35(29(12-15-30)13-17-33(18-14-29)23(36)39-26(2,3)4)32-22(21)34(24(37)40-27(5,6)7)25(38)41-28(8,9)10/h11,16H,12-14,17-18H2,1-10H3. The molecule has 224 valence electrons. The van der Waals surface area contributed by atoms with Gasteiger partial charge in [0.2, 0.25) is 0 Å². The topological polar surface area (TPSA) is 140 Å². The molecule has 1 aliphatic heterocycles. The molecule has 0 unspecified atom stereocenters. The van der Waals surface area contributed by atoms with Crippen LogP contribution in [0.4, 0.5) is 20.2 Å². The second kappa shape index (κ2) is 11.2. The minimum atomic E-state index is -0.948. The van der Waals surface area contributed by atoms with Gasteiger partial charge in [-0.15, -0.1) is 0 Å². The third kappa shape index (κ3) is 7.45. The molecule has 12 nitrogen and oxygen atoms in total. The van der Waals surface area contributed by atoms with Gasteiger partial charge in [0.25, 0.3) is 0 Å². The van der Waals surface area contributed by atoms with Gasteiger partial charge < -0.3 is 19.1 Å². The van der Waals surface area contributed by atoms with Crippen molar-refractivity contribution >= 4 is 35.0 Å². The van der Waals surface area contributed by atoms with Gasteiger partial charge in [-0.25, -0.2) is 14.4 Å². The number of piperidine rings is 1. The number of hydrogen-bond acceptors (Lipinski definition) is 9. The van der Waals surface area contributed by atoms with Gasteiger partial charge in [-0.3, -0.25) is 9.67 Å². The average Bonchev–Trinajstić information content (AvgIpc) is 3.17. The zero-order valence-electron chi connectivity index (χ0n) is 25.8. The number of likely N-dealkylation sites (tertiary alicyclic amines) is 1. The maximum absolute atomic E-state index is 13.5. The fourth-order valence-electron chi connectivity index (χ4n) is 4.63. The summed E-state index contributed by atoms with van der Waals surface area (Å²) in [6.07, 6.45) is 0.181. The zero-order valence-corrected chi connectivity index (χ0v) is 25.8. The van der Waals surface area contributed by atoms with Crippen LogP contribution in [0.5, 0.6) is 0 Å². The normalized spacial score (nSPS) is 15.7. The third-order valence-corrected chi connectivity index (χ3v) is 6.33. The van der Waals surface area contributed by atoms with E-state index in [1.807, 2.05) is 20.8 Å². The van der Waals surface area contributed by atoms with Crippen LogP contribution < -0.4 is 4.90 Å². The minimum Gasteiger partial charge on any atom is -0.444 e. The van der Waals surface area contributed by atoms with Gasteiger partial charge in [0.15, 0.2) is 5.82 Å². The first kappa shape index (κ1) is 31.6. The summed E-state index contributed by atoms with van der Waals surface area (Å²) in [5, 5.41) is 15.1. The molecule has 0 atom stereocenters. The fraction of sp³-hybridized carbons (Fsp3) is 0.655. The molecule has 12 heteroatoms. The summed E-state index contributed by atoms with van der Waals surface area (Å²) in [5.74, 6) is 0.000914. The molecule has 2 aromatic heterocycles. The molecule has 3 heterocycles. The van der Waals surface area contributed by atoms with Crippen molar-refractivity contribution in [1.29, 1.82) is 5.26 Å². The summed E-state index contributed by atoms with van der Waals surface area (Å²) in [4.78, 5) is 46.5. The molecule has 0 N–H and O–H groups in total. The Bertz CT molecular complexity index is 1320. The van der Waals surface area contributed by atoms with Crippen molar-refractivity contribution in [3.63, 3.8) is 0 Å². The van der Waals surface area contributed by atoms with Crippen LogP contribution in [0.25, 0.3) is 10.9 Å². The van der Waals surface area contributed by atoms with Crippen LogP contribution in [-0.2, 0) is 19.7 Å². The number of imide groups is 1. The summed E-state index contributed by atoms with van der Waals surface area (Å²) in [7, 11) is 0. The minimum absolute atomic E-state index is 0.000914. The Morgan fingerprint density at radius 3 is 1.93 bits per heavy atom. The molecule has 1 aliphatic rings. The van der Waals surface area contributed by atoms with Gasteiger partial charge in [0.05, 0.1) is 34.6 Å². The Morgan fingerprint density at radius 1 is 0.951 bits per heavy atom. The van der Waals surface area contributed by atoms with Crippen LogP contribution >= 0.6 is 0 Å². The molecular formula is C29H42N6O6. The fourth-order valence-corrected chi connectivity index (χ4v) is 4.63. The number of fused-ring (bicyclic) bond motifs is 1. The highest BCUT2D eigenvalue weighted by atomic mass is 16.6. The maximum Gasteiger partial charge on any atom is 0.425 e. The number of rotatable bonds is 3. The number of nitrogens with zero attached hydrogens (tertiary/aromatic N) is 6. The summed E-state index contributed by atoms with van der Waals surface area (Å²) in [6, 6.07) is 4.01. The van der Waals surface area contributed by atoms with Crippen molar-refractivity contribution in [3.8, 4) is 6.07 Å². The Labute approximate surface area is 241 Å². The van der Waals surface area contributed by atoms with Crippen LogP contribution in [0.1, 0.15) is 87.3 Å². The van der Waals surface area contributed by atoms with Crippen molar-refractivity contribution in [2.75, 3.05) is 18.0 Å². The third-order valence-electron chi connectivity index (χ3n) is 6.33. The molecule has 41 heavy (non-hydrogen) atoms. The van der Waals surface area contributed by atoms with Gasteiger partial charge in [-0.2, -0.15) is 15.3 Å². The summed E-state index contributed by atoms with van der Waals surface area (Å²) in [5.41, 5.74) is -2.16. The van der Waals surface area contributed by atoms with E-state index in [-0.39, 0.29) is 12.2 Å². The van der Waals surface area contributed by atoms with Crippen LogP contribution in [0.3, 0.4) is 0 Å². The van der Waals surface area contributed by atoms with Crippen molar-refractivity contribution < 1.29 is 28.6 Å². The van der Waals surface area contributed by atoms with Crippen LogP contribution in [-0.4, -0.2) is 67.8 Å². The average molecular weight is 571 g/mol. The number of pyridine rings is 1. The highest BCUT2D eigenvalue weighted by Gasteiger charge is 2.43. The van der Waals surface area contributed by atoms with Gasteiger partial charge in [0.1, 0.15) is 16.8 Å². The van der Waals surface area contributed by atoms with E-state index in [1.54, 1.807) is 70.3 Å². The van der Waals surface area contributed by atoms with E-state index < -0.39 is 40.6 Å². The molecule has 1 fully saturated rings. The first-order valence-electron chi connectivity index (χ1n) is 13.7. The first-order chi connectivity index (χ1) is 18.8. The van der Waals surface area contributed by atoms with Gasteiger partial charge in [0, 0.05) is 19.3 Å². The molecule has 3 amide bonds. The van der Waals surface area contributed by atoms with E-state index in [9.17, 15) is 19.6 Å². The van der Waals surface area contributed by atoms with E-state index in [1.165, 1.54) is 0 Å². The molecule has 1 saturated heterocycles. The SMILES string of the molecule is Cc1nccc2c1c(N(C(=O)OC(C)(C)C)C(=O)OC(C)(C)C)nn2C1(CC#N)CCN(C(=O)OC(C)(C)C)CC1. The van der Waals surface area contributed by atoms with Gasteiger partial charge >= 0.3 is 18.3 Å². The lowest BCUT2D eigenvalue weighted by Crippen LogP contribution is -2.49. The highest BCUT2D eigenvalue weighted by Crippen LogP contribution is 2.40. The van der Waals surface area contributed by atoms with Crippen molar-refractivity contribution in [1.82, 2.24) is 19.7 Å². The van der Waals surface area contributed by atoms with Crippen molar-refractivity contribution in [3.05, 3.63) is 18.0 Å². The summed E-state index contributed by atoms with van der Waals surface area (Å²) < 4.78 is 18.4. The monoisotopic (exact) mass is 570 g/mol. The van der Waals surface area contributed by atoms with E-state index in [2.05, 4.69) is 11.1 Å². The molecule has 0 aromatic carbocycles.